The molecule has 0 saturated heterocycles. The molecule has 0 aliphatic rings. The number of rotatable bonds is 26. The molecular formula is C60H88Br2O13. The Morgan fingerprint density at radius 1 is 0.360 bits per heavy atom. The van der Waals surface area contributed by atoms with Gasteiger partial charge in [-0.05, 0) is 117 Å². The zero-order chi connectivity index (χ0) is 57.6. The van der Waals surface area contributed by atoms with Crippen LogP contribution in [-0.4, -0.2) is 130 Å². The van der Waals surface area contributed by atoms with E-state index in [0.29, 0.717) is 39.5 Å². The molecule has 0 aromatic rings. The number of halogens is 2. The normalized spacial score (nSPS) is 7.99. The number of aliphatic carboxylic acids is 3. The first kappa shape index (κ1) is 83.7. The van der Waals surface area contributed by atoms with Crippen molar-refractivity contribution >= 4 is 49.8 Å². The molecule has 0 aromatic heterocycles. The Labute approximate surface area is 471 Å². The van der Waals surface area contributed by atoms with E-state index in [1.165, 1.54) is 0 Å². The molecule has 0 saturated carbocycles. The number of aliphatic hydroxyl groups excluding tert-OH is 4. The molecule has 0 radical (unpaired) electrons. The van der Waals surface area contributed by atoms with Crippen LogP contribution in [0.2, 0.25) is 0 Å². The third-order valence-corrected chi connectivity index (χ3v) is 7.70. The molecule has 15 heteroatoms. The standard InChI is InChI=1S/C14H20O4.C12H18O2.C10H13Br.C10H12O2.C10H14O.C2H3BrO2.C2H6O2.H2/c1-2-3-4-5-6-7-8-9-10-17-11-12-18-13-14(15)16;1-2-3-4-5-6-7-8-9-11-14-12-10-13;1-2-3-4-5-6-7-8-9-10-11;1-2-3-4-5-6-7-8-9-10(11)12;1-2-3-4-5-6-7-8-9-10-11;3-1-2(4)5;3-1-2-4;/h2-3,8-13H2,1H3,(H,15,16);13H,2-3,8-12H2,1H3;2-3,8-10H2,1H3;2-3,8-9H2,1H3,(H,11,12);11H,2-3,8-10H2,1H3;1H2,(H,4,5);3-4H,1-2H2;1H. The van der Waals surface area contributed by atoms with Gasteiger partial charge in [0.05, 0.1) is 46.1 Å². The Hall–Kier alpha value is -5.31. The second kappa shape index (κ2) is 91.4. The van der Waals surface area contributed by atoms with Gasteiger partial charge in [0.25, 0.3) is 0 Å². The van der Waals surface area contributed by atoms with Crippen molar-refractivity contribution in [3.8, 4) is 118 Å². The maximum atomic E-state index is 10.1. The number of ether oxygens (including phenoxy) is 3. The number of carbonyl (C=O) groups is 3. The fourth-order valence-corrected chi connectivity index (χ4v) is 3.54. The van der Waals surface area contributed by atoms with E-state index in [4.69, 9.17) is 50.0 Å². The molecule has 0 amide bonds. The van der Waals surface area contributed by atoms with Crippen LogP contribution in [0.4, 0.5) is 0 Å². The summed E-state index contributed by atoms with van der Waals surface area (Å²) < 4.78 is 15.1. The first-order valence-electron chi connectivity index (χ1n) is 25.2. The summed E-state index contributed by atoms with van der Waals surface area (Å²) in [5.41, 5.74) is 0. The molecule has 0 aliphatic heterocycles. The van der Waals surface area contributed by atoms with Gasteiger partial charge in [-0.2, -0.15) is 0 Å². The van der Waals surface area contributed by atoms with Crippen molar-refractivity contribution in [2.75, 3.05) is 76.7 Å². The van der Waals surface area contributed by atoms with E-state index in [-0.39, 0.29) is 46.2 Å². The summed E-state index contributed by atoms with van der Waals surface area (Å²) in [5.74, 6) is 54.0. The first-order chi connectivity index (χ1) is 36.5. The Morgan fingerprint density at radius 3 is 0.947 bits per heavy atom. The molecule has 0 fully saturated rings. The number of alkyl halides is 2. The van der Waals surface area contributed by atoms with Crippen LogP contribution in [0.1, 0.15) is 164 Å². The monoisotopic (exact) mass is 1170 g/mol. The Kier molecular flexibility index (Phi) is 102. The van der Waals surface area contributed by atoms with E-state index < -0.39 is 17.9 Å². The third kappa shape index (κ3) is 129. The van der Waals surface area contributed by atoms with E-state index in [2.05, 4.69) is 178 Å². The number of carboxylic acids is 3. The molecule has 0 unspecified atom stereocenters. The van der Waals surface area contributed by atoms with Crippen LogP contribution in [-0.2, 0) is 28.6 Å². The van der Waals surface area contributed by atoms with Crippen LogP contribution in [0.5, 0.6) is 0 Å². The predicted molar refractivity (Wildman–Crippen MR) is 312 cm³/mol. The van der Waals surface area contributed by atoms with Crippen molar-refractivity contribution in [3.63, 3.8) is 0 Å². The lowest BCUT2D eigenvalue weighted by molar-refractivity contribution is -0.142. The molecule has 0 heterocycles. The lowest BCUT2D eigenvalue weighted by Gasteiger charge is -2.02. The second-order valence-electron chi connectivity index (χ2n) is 13.9. The van der Waals surface area contributed by atoms with Crippen LogP contribution in [0, 0.1) is 118 Å². The van der Waals surface area contributed by atoms with Gasteiger partial charge in [-0.25, -0.2) is 4.79 Å². The molecule has 75 heavy (non-hydrogen) atoms. The van der Waals surface area contributed by atoms with Crippen molar-refractivity contribution in [2.45, 2.75) is 163 Å². The van der Waals surface area contributed by atoms with Gasteiger partial charge in [0.2, 0.25) is 0 Å². The molecular weight excluding hydrogens is 1090 g/mol. The van der Waals surface area contributed by atoms with Crippen molar-refractivity contribution < 1.29 is 65.8 Å². The maximum Gasteiger partial charge on any atom is 0.329 e. The van der Waals surface area contributed by atoms with Gasteiger partial charge in [-0.15, -0.1) is 0 Å². The molecule has 0 rings (SSSR count). The molecule has 0 aliphatic carbocycles. The van der Waals surface area contributed by atoms with Crippen LogP contribution >= 0.6 is 31.9 Å². The van der Waals surface area contributed by atoms with E-state index >= 15 is 0 Å². The Morgan fingerprint density at radius 2 is 0.667 bits per heavy atom. The molecule has 0 atom stereocenters. The molecule has 0 aromatic carbocycles. The van der Waals surface area contributed by atoms with Crippen LogP contribution < -0.4 is 0 Å². The lowest BCUT2D eigenvalue weighted by atomic mass is 10.3. The molecule has 0 bridgehead atoms. The van der Waals surface area contributed by atoms with Gasteiger partial charge >= 0.3 is 17.9 Å². The first-order valence-corrected chi connectivity index (χ1v) is 27.4. The van der Waals surface area contributed by atoms with Gasteiger partial charge < -0.3 is 50.0 Å². The van der Waals surface area contributed by atoms with Crippen LogP contribution in [0.3, 0.4) is 0 Å². The Balaban J connectivity index is -0.000000122. The fourth-order valence-electron chi connectivity index (χ4n) is 3.26. The van der Waals surface area contributed by atoms with E-state index in [1.807, 2.05) is 6.92 Å². The van der Waals surface area contributed by atoms with E-state index in [9.17, 15) is 14.4 Å². The minimum Gasteiger partial charge on any atom is -0.481 e. The minimum atomic E-state index is -0.963. The van der Waals surface area contributed by atoms with Gasteiger partial charge in [0.15, 0.2) is 0 Å². The molecule has 13 nitrogen and oxygen atoms in total. The van der Waals surface area contributed by atoms with Gasteiger partial charge in [0.1, 0.15) is 11.9 Å². The average molecular weight is 1180 g/mol. The quantitative estimate of drug-likeness (QED) is 0.0244. The molecule has 7 N–H and O–H groups in total. The number of unbranched alkanes of at least 4 members (excludes halogenated alkanes) is 9. The summed E-state index contributed by atoms with van der Waals surface area (Å²) in [4.78, 5) is 29.5. The highest BCUT2D eigenvalue weighted by Crippen LogP contribution is 1.92. The SMILES string of the molecule is CCCC#CC#CCCC(=O)O.CCCC#CC#CCCCBr.CCCC#CC#CCCCO.CCCC#CC#CCCCOCCO.CCCC#CC#CCCCOCCOCC(=O)O.O=C(O)CBr.OCCO.[HH]. The van der Waals surface area contributed by atoms with Crippen LogP contribution in [0.25, 0.3) is 0 Å². The maximum absolute atomic E-state index is 10.1. The van der Waals surface area contributed by atoms with Crippen molar-refractivity contribution in [1.82, 2.24) is 0 Å². The van der Waals surface area contributed by atoms with Crippen molar-refractivity contribution in [2.24, 2.45) is 0 Å². The highest BCUT2D eigenvalue weighted by molar-refractivity contribution is 9.09. The van der Waals surface area contributed by atoms with Gasteiger partial charge in [-0.3, -0.25) is 9.59 Å². The van der Waals surface area contributed by atoms with Crippen molar-refractivity contribution in [1.29, 1.82) is 0 Å². The zero-order valence-corrected chi connectivity index (χ0v) is 48.6. The third-order valence-electron chi connectivity index (χ3n) is 6.66. The highest BCUT2D eigenvalue weighted by atomic mass is 79.9. The topological polar surface area (TPSA) is 221 Å². The Bertz CT molecular complexity index is 1920. The van der Waals surface area contributed by atoms with E-state index in [0.717, 1.165) is 121 Å². The summed E-state index contributed by atoms with van der Waals surface area (Å²) in [6.07, 6.45) is 17.3. The number of aliphatic hydroxyl groups is 4. The molecule has 420 valence electrons. The highest BCUT2D eigenvalue weighted by Gasteiger charge is 1.95. The number of carboxylic acid groups (broad SMARTS) is 3. The smallest absolute Gasteiger partial charge is 0.329 e. The summed E-state index contributed by atoms with van der Waals surface area (Å²) in [7, 11) is 0. The lowest BCUT2D eigenvalue weighted by Crippen LogP contribution is -2.11. The van der Waals surface area contributed by atoms with Crippen LogP contribution in [0.15, 0.2) is 0 Å². The molecule has 0 spiro atoms. The summed E-state index contributed by atoms with van der Waals surface area (Å²) >= 11 is 6.05. The summed E-state index contributed by atoms with van der Waals surface area (Å²) in [6, 6.07) is 0. The summed E-state index contributed by atoms with van der Waals surface area (Å²) in [6.45, 7) is 12.6. The predicted octanol–water partition coefficient (Wildman–Crippen LogP) is 9.15. The summed E-state index contributed by atoms with van der Waals surface area (Å²) in [5, 5.41) is 57.4. The fraction of sp³-hybridized carbons (Fsp3) is 0.617. The van der Waals surface area contributed by atoms with Crippen molar-refractivity contribution in [3.05, 3.63) is 0 Å². The minimum absolute atomic E-state index is 0. The number of hydrogen-bond acceptors (Lipinski definition) is 10. The average Bonchev–Trinajstić information content (AvgIpc) is 3.40. The van der Waals surface area contributed by atoms with Gasteiger partial charge in [0, 0.05) is 90.8 Å². The second-order valence-corrected chi connectivity index (χ2v) is 15.2. The largest absolute Gasteiger partial charge is 0.481 e. The zero-order valence-electron chi connectivity index (χ0n) is 45.5. The number of hydrogen-bond donors (Lipinski definition) is 7. The van der Waals surface area contributed by atoms with E-state index in [1.54, 1.807) is 0 Å². The van der Waals surface area contributed by atoms with Gasteiger partial charge in [-0.1, -0.05) is 126 Å².